The van der Waals surface area contributed by atoms with Crippen LogP contribution in [0.25, 0.3) is 0 Å². The van der Waals surface area contributed by atoms with E-state index in [0.717, 1.165) is 0 Å². The Bertz CT molecular complexity index is 343. The van der Waals surface area contributed by atoms with Crippen LogP contribution >= 0.6 is 0 Å². The van der Waals surface area contributed by atoms with Gasteiger partial charge in [-0.15, -0.1) is 0 Å². The minimum absolute atomic E-state index is 0.289. The van der Waals surface area contributed by atoms with Crippen LogP contribution in [0.5, 0.6) is 0 Å². The van der Waals surface area contributed by atoms with Gasteiger partial charge in [0.05, 0.1) is 12.9 Å². The third-order valence-corrected chi connectivity index (χ3v) is 2.56. The van der Waals surface area contributed by atoms with Crippen molar-refractivity contribution >= 4 is 33.9 Å². The molecule has 0 heterocycles. The highest BCUT2D eigenvalue weighted by Crippen LogP contribution is 1.94. The first-order chi connectivity index (χ1) is 8.01. The lowest BCUT2D eigenvalue weighted by Gasteiger charge is -1.99. The predicted octanol–water partition coefficient (Wildman–Crippen LogP) is 0.612. The van der Waals surface area contributed by atoms with Crippen molar-refractivity contribution < 1.29 is 26.2 Å². The molecule has 0 aliphatic heterocycles. The van der Waals surface area contributed by atoms with E-state index >= 15 is 0 Å². The van der Waals surface area contributed by atoms with Crippen molar-refractivity contribution in [1.29, 1.82) is 0 Å². The SMILES string of the molecule is CCS(=O)OO/N=C(C)\C(C)=N\OS(=O)OC. The Balaban J connectivity index is 4.19. The van der Waals surface area contributed by atoms with E-state index < -0.39 is 22.4 Å². The van der Waals surface area contributed by atoms with Gasteiger partial charge in [0.25, 0.3) is 0 Å². The van der Waals surface area contributed by atoms with Gasteiger partial charge in [0.2, 0.25) is 11.1 Å². The van der Waals surface area contributed by atoms with Gasteiger partial charge in [0.15, 0.2) is 0 Å². The lowest BCUT2D eigenvalue weighted by atomic mass is 10.3. The lowest BCUT2D eigenvalue weighted by Crippen LogP contribution is -2.09. The molecular weight excluding hydrogens is 272 g/mol. The Morgan fingerprint density at radius 2 is 1.76 bits per heavy atom. The Hall–Kier alpha value is -0.840. The predicted molar refractivity (Wildman–Crippen MR) is 63.3 cm³/mol. The van der Waals surface area contributed by atoms with Gasteiger partial charge in [0, 0.05) is 0 Å². The second-order valence-electron chi connectivity index (χ2n) is 2.53. The number of nitrogens with zero attached hydrogens (tertiary/aromatic N) is 2. The third kappa shape index (κ3) is 7.96. The molecule has 8 nitrogen and oxygen atoms in total. The standard InChI is InChI=1S/C7H14N2O6S2/c1-5-16(10)15-13-8-6(2)7(3)9-14-17(11)12-4/h5H2,1-4H3/b8-6-,9-7+. The highest BCUT2D eigenvalue weighted by atomic mass is 32.2. The summed E-state index contributed by atoms with van der Waals surface area (Å²) in [7, 11) is 1.21. The summed E-state index contributed by atoms with van der Waals surface area (Å²) < 4.78 is 34.6. The van der Waals surface area contributed by atoms with Crippen molar-refractivity contribution in [2.75, 3.05) is 12.9 Å². The zero-order valence-corrected chi connectivity index (χ0v) is 11.5. The van der Waals surface area contributed by atoms with E-state index in [4.69, 9.17) is 0 Å². The quantitative estimate of drug-likeness (QED) is 0.368. The molecule has 0 N–H and O–H groups in total. The Morgan fingerprint density at radius 1 is 1.18 bits per heavy atom. The molecule has 0 aliphatic carbocycles. The molecular formula is C7H14N2O6S2. The molecule has 17 heavy (non-hydrogen) atoms. The van der Waals surface area contributed by atoms with Crippen LogP contribution in [-0.4, -0.2) is 32.7 Å². The van der Waals surface area contributed by atoms with E-state index in [9.17, 15) is 8.42 Å². The molecule has 0 radical (unpaired) electrons. The minimum Gasteiger partial charge on any atom is -0.265 e. The molecule has 0 bridgehead atoms. The molecule has 0 aromatic carbocycles. The highest BCUT2D eigenvalue weighted by molar-refractivity contribution is 7.80. The summed E-state index contributed by atoms with van der Waals surface area (Å²) in [4.78, 5) is 4.35. The van der Waals surface area contributed by atoms with E-state index in [-0.39, 0.29) is 5.75 Å². The molecule has 0 aromatic rings. The van der Waals surface area contributed by atoms with Crippen molar-refractivity contribution in [3.05, 3.63) is 0 Å². The van der Waals surface area contributed by atoms with E-state index in [1.165, 1.54) is 7.11 Å². The van der Waals surface area contributed by atoms with E-state index in [0.29, 0.717) is 11.4 Å². The molecule has 100 valence electrons. The number of oxime groups is 2. The van der Waals surface area contributed by atoms with Crippen LogP contribution < -0.4 is 0 Å². The van der Waals surface area contributed by atoms with Gasteiger partial charge >= 0.3 is 11.4 Å². The minimum atomic E-state index is -1.94. The molecule has 0 saturated heterocycles. The van der Waals surface area contributed by atoms with Crippen LogP contribution in [0.1, 0.15) is 20.8 Å². The van der Waals surface area contributed by atoms with Gasteiger partial charge < -0.3 is 0 Å². The van der Waals surface area contributed by atoms with Crippen LogP contribution in [0.2, 0.25) is 0 Å². The molecule has 0 fully saturated rings. The van der Waals surface area contributed by atoms with Gasteiger partial charge in [0.1, 0.15) is 11.4 Å². The molecule has 0 amide bonds. The lowest BCUT2D eigenvalue weighted by molar-refractivity contribution is -0.196. The fourth-order valence-electron chi connectivity index (χ4n) is 0.402. The van der Waals surface area contributed by atoms with Crippen molar-refractivity contribution in [1.82, 2.24) is 0 Å². The average molecular weight is 286 g/mol. The van der Waals surface area contributed by atoms with Gasteiger partial charge in [-0.1, -0.05) is 16.4 Å². The Morgan fingerprint density at radius 3 is 2.29 bits per heavy atom. The van der Waals surface area contributed by atoms with Crippen molar-refractivity contribution in [3.63, 3.8) is 0 Å². The fourth-order valence-corrected chi connectivity index (χ4v) is 0.830. The molecule has 0 rings (SSSR count). The topological polar surface area (TPSA) is 95.8 Å². The number of hydrogen-bond donors (Lipinski definition) is 0. The van der Waals surface area contributed by atoms with Crippen molar-refractivity contribution in [2.24, 2.45) is 10.3 Å². The molecule has 0 spiro atoms. The monoisotopic (exact) mass is 286 g/mol. The number of hydrogen-bond acceptors (Lipinski definition) is 8. The van der Waals surface area contributed by atoms with Crippen LogP contribution in [0.4, 0.5) is 0 Å². The van der Waals surface area contributed by atoms with E-state index in [1.54, 1.807) is 20.8 Å². The first kappa shape index (κ1) is 16.2. The first-order valence-electron chi connectivity index (χ1n) is 4.47. The van der Waals surface area contributed by atoms with E-state index in [1.807, 2.05) is 0 Å². The maximum Gasteiger partial charge on any atom is 0.381 e. The van der Waals surface area contributed by atoms with Crippen LogP contribution in [-0.2, 0) is 40.2 Å². The molecule has 2 unspecified atom stereocenters. The summed E-state index contributed by atoms with van der Waals surface area (Å²) in [5, 5.41) is 6.93. The van der Waals surface area contributed by atoms with Gasteiger partial charge in [-0.25, -0.2) is 9.20 Å². The zero-order chi connectivity index (χ0) is 13.3. The van der Waals surface area contributed by atoms with E-state index in [2.05, 4.69) is 28.1 Å². The van der Waals surface area contributed by atoms with Gasteiger partial charge in [-0.05, 0) is 19.0 Å². The normalized spacial score (nSPS) is 16.5. The molecule has 0 saturated carbocycles. The summed E-state index contributed by atoms with van der Waals surface area (Å²) in [6.07, 6.45) is 0. The van der Waals surface area contributed by atoms with Crippen LogP contribution in [0.3, 0.4) is 0 Å². The third-order valence-electron chi connectivity index (χ3n) is 1.41. The summed E-state index contributed by atoms with van der Waals surface area (Å²) in [6.45, 7) is 4.76. The highest BCUT2D eigenvalue weighted by Gasteiger charge is 2.03. The maximum absolute atomic E-state index is 10.8. The van der Waals surface area contributed by atoms with Crippen molar-refractivity contribution in [3.8, 4) is 0 Å². The van der Waals surface area contributed by atoms with Crippen LogP contribution in [0, 0.1) is 0 Å². The average Bonchev–Trinajstić information content (AvgIpc) is 2.34. The number of rotatable bonds is 8. The second kappa shape index (κ2) is 9.22. The van der Waals surface area contributed by atoms with Crippen molar-refractivity contribution in [2.45, 2.75) is 20.8 Å². The van der Waals surface area contributed by atoms with Crippen LogP contribution in [0.15, 0.2) is 10.3 Å². The fraction of sp³-hybridized carbons (Fsp3) is 0.714. The summed E-state index contributed by atoms with van der Waals surface area (Å²) in [5.74, 6) is 0.289. The molecule has 0 aliphatic rings. The van der Waals surface area contributed by atoms with Gasteiger partial charge in [-0.2, -0.15) is 4.21 Å². The smallest absolute Gasteiger partial charge is 0.265 e. The molecule has 0 aromatic heterocycles. The first-order valence-corrected chi connectivity index (χ1v) is 6.71. The Kier molecular flexibility index (Phi) is 8.76. The Labute approximate surface area is 104 Å². The summed E-state index contributed by atoms with van der Waals surface area (Å²) in [6, 6.07) is 0. The molecule has 2 atom stereocenters. The zero-order valence-electron chi connectivity index (χ0n) is 9.87. The van der Waals surface area contributed by atoms with Gasteiger partial charge in [-0.3, -0.25) is 8.47 Å². The largest absolute Gasteiger partial charge is 0.381 e. The maximum atomic E-state index is 10.8. The second-order valence-corrected chi connectivity index (χ2v) is 4.75. The summed E-state index contributed by atoms with van der Waals surface area (Å²) >= 11 is -3.48. The molecule has 10 heteroatoms. The summed E-state index contributed by atoms with van der Waals surface area (Å²) in [5.41, 5.74) is 0.618.